The highest BCUT2D eigenvalue weighted by Gasteiger charge is 2.21. The van der Waals surface area contributed by atoms with Crippen molar-refractivity contribution in [3.63, 3.8) is 0 Å². The van der Waals surface area contributed by atoms with Gasteiger partial charge in [-0.2, -0.15) is 0 Å². The molecular formula is C21H24N2O4. The molecule has 6 heteroatoms. The summed E-state index contributed by atoms with van der Waals surface area (Å²) < 4.78 is 12.6. The van der Waals surface area contributed by atoms with Gasteiger partial charge in [0.15, 0.2) is 6.61 Å². The monoisotopic (exact) mass is 368 g/mol. The van der Waals surface area contributed by atoms with Crippen LogP contribution in [-0.4, -0.2) is 41.6 Å². The lowest BCUT2D eigenvalue weighted by atomic mass is 10.1. The molecule has 0 spiro atoms. The summed E-state index contributed by atoms with van der Waals surface area (Å²) >= 11 is 0. The first-order valence-corrected chi connectivity index (χ1v) is 8.87. The first-order chi connectivity index (χ1) is 12.9. The molecule has 2 aromatic heterocycles. The SMILES string of the molecule is COCC(C)n1c(C)cc(C(=O)COC(=O)c2c[nH]c3ccccc23)c1C. The van der Waals surface area contributed by atoms with Crippen LogP contribution in [0.1, 0.15) is 45.1 Å². The number of rotatable bonds is 7. The van der Waals surface area contributed by atoms with Crippen LogP contribution in [-0.2, 0) is 9.47 Å². The van der Waals surface area contributed by atoms with Crippen LogP contribution in [0.3, 0.4) is 0 Å². The van der Waals surface area contributed by atoms with Gasteiger partial charge in [-0.3, -0.25) is 4.79 Å². The lowest BCUT2D eigenvalue weighted by molar-refractivity contribution is 0.0476. The number of hydrogen-bond acceptors (Lipinski definition) is 4. The van der Waals surface area contributed by atoms with Crippen molar-refractivity contribution in [3.05, 3.63) is 59.0 Å². The zero-order valence-corrected chi connectivity index (χ0v) is 16.0. The van der Waals surface area contributed by atoms with Crippen LogP contribution in [0.15, 0.2) is 36.5 Å². The maximum atomic E-state index is 12.6. The molecule has 2 heterocycles. The van der Waals surface area contributed by atoms with E-state index in [0.29, 0.717) is 17.7 Å². The fourth-order valence-electron chi connectivity index (χ4n) is 3.58. The second-order valence-corrected chi connectivity index (χ2v) is 6.71. The van der Waals surface area contributed by atoms with E-state index in [9.17, 15) is 9.59 Å². The average molecular weight is 368 g/mol. The predicted octanol–water partition coefficient (Wildman–Crippen LogP) is 3.83. The number of H-pyrrole nitrogens is 1. The smallest absolute Gasteiger partial charge is 0.340 e. The minimum atomic E-state index is -0.512. The Bertz CT molecular complexity index is 983. The zero-order chi connectivity index (χ0) is 19.6. The third-order valence-corrected chi connectivity index (χ3v) is 4.78. The number of carbonyl (C=O) groups is 2. The number of ether oxygens (including phenoxy) is 2. The summed E-state index contributed by atoms with van der Waals surface area (Å²) in [5.41, 5.74) is 3.68. The molecule has 0 bridgehead atoms. The molecule has 0 saturated heterocycles. The molecule has 0 aliphatic carbocycles. The number of esters is 1. The summed E-state index contributed by atoms with van der Waals surface area (Å²) in [7, 11) is 1.65. The Morgan fingerprint density at radius 3 is 2.67 bits per heavy atom. The van der Waals surface area contributed by atoms with Crippen molar-refractivity contribution >= 4 is 22.7 Å². The normalized spacial score (nSPS) is 12.3. The number of aryl methyl sites for hydroxylation is 1. The first-order valence-electron chi connectivity index (χ1n) is 8.87. The number of carbonyl (C=O) groups excluding carboxylic acids is 2. The van der Waals surface area contributed by atoms with E-state index in [1.54, 1.807) is 13.3 Å². The van der Waals surface area contributed by atoms with Crippen molar-refractivity contribution in [1.82, 2.24) is 9.55 Å². The quantitative estimate of drug-likeness (QED) is 0.508. The molecule has 1 N–H and O–H groups in total. The summed E-state index contributed by atoms with van der Waals surface area (Å²) in [5.74, 6) is -0.727. The van der Waals surface area contributed by atoms with Gasteiger partial charge < -0.3 is 19.0 Å². The van der Waals surface area contributed by atoms with E-state index in [1.807, 2.05) is 51.1 Å². The molecule has 1 atom stereocenters. The molecule has 1 unspecified atom stereocenters. The van der Waals surface area contributed by atoms with Gasteiger partial charge in [0.05, 0.1) is 18.2 Å². The third kappa shape index (κ3) is 3.66. The first kappa shape index (κ1) is 18.9. The van der Waals surface area contributed by atoms with Gasteiger partial charge in [0.2, 0.25) is 5.78 Å². The number of methoxy groups -OCH3 is 1. The van der Waals surface area contributed by atoms with E-state index in [-0.39, 0.29) is 18.4 Å². The van der Waals surface area contributed by atoms with Crippen molar-refractivity contribution in [1.29, 1.82) is 0 Å². The molecule has 3 rings (SSSR count). The van der Waals surface area contributed by atoms with Crippen LogP contribution in [0.25, 0.3) is 10.9 Å². The fraction of sp³-hybridized carbons (Fsp3) is 0.333. The number of aromatic nitrogens is 2. The van der Waals surface area contributed by atoms with Crippen LogP contribution < -0.4 is 0 Å². The molecule has 0 saturated carbocycles. The summed E-state index contributed by atoms with van der Waals surface area (Å²) in [6.45, 7) is 6.15. The van der Waals surface area contributed by atoms with E-state index >= 15 is 0 Å². The molecule has 0 radical (unpaired) electrons. The summed E-state index contributed by atoms with van der Waals surface area (Å²) in [5, 5.41) is 0.779. The molecule has 0 amide bonds. The molecule has 1 aromatic carbocycles. The second-order valence-electron chi connectivity index (χ2n) is 6.71. The number of Topliss-reactive ketones (excluding diaryl/α,β-unsaturated/α-hetero) is 1. The fourth-order valence-corrected chi connectivity index (χ4v) is 3.58. The maximum absolute atomic E-state index is 12.6. The van der Waals surface area contributed by atoms with E-state index in [4.69, 9.17) is 9.47 Å². The van der Waals surface area contributed by atoms with Crippen LogP contribution in [0.2, 0.25) is 0 Å². The number of nitrogens with zero attached hydrogens (tertiary/aromatic N) is 1. The zero-order valence-electron chi connectivity index (χ0n) is 16.0. The van der Waals surface area contributed by atoms with Crippen molar-refractivity contribution in [2.45, 2.75) is 26.8 Å². The largest absolute Gasteiger partial charge is 0.454 e. The topological polar surface area (TPSA) is 73.3 Å². The molecular weight excluding hydrogens is 344 g/mol. The second kappa shape index (κ2) is 7.80. The Balaban J connectivity index is 1.73. The number of benzene rings is 1. The Hall–Kier alpha value is -2.86. The third-order valence-electron chi connectivity index (χ3n) is 4.78. The Morgan fingerprint density at radius 1 is 1.19 bits per heavy atom. The molecule has 27 heavy (non-hydrogen) atoms. The molecule has 6 nitrogen and oxygen atoms in total. The summed E-state index contributed by atoms with van der Waals surface area (Å²) in [6.07, 6.45) is 1.61. The van der Waals surface area contributed by atoms with Gasteiger partial charge >= 0.3 is 5.97 Å². The highest BCUT2D eigenvalue weighted by atomic mass is 16.5. The summed E-state index contributed by atoms with van der Waals surface area (Å²) in [4.78, 5) is 28.0. The van der Waals surface area contributed by atoms with Crippen molar-refractivity contribution in [2.24, 2.45) is 0 Å². The highest BCUT2D eigenvalue weighted by molar-refractivity contribution is 6.05. The van der Waals surface area contributed by atoms with Gasteiger partial charge in [0.1, 0.15) is 0 Å². The number of hydrogen-bond donors (Lipinski definition) is 1. The lowest BCUT2D eigenvalue weighted by Crippen LogP contribution is -2.17. The van der Waals surface area contributed by atoms with Crippen LogP contribution in [0, 0.1) is 13.8 Å². The van der Waals surface area contributed by atoms with Crippen LogP contribution >= 0.6 is 0 Å². The summed E-state index contributed by atoms with van der Waals surface area (Å²) in [6, 6.07) is 9.42. The molecule has 0 aliphatic heterocycles. The number of aromatic amines is 1. The standard InChI is InChI=1S/C21H24N2O4/c1-13-9-17(15(3)23(13)14(2)11-26-4)20(24)12-27-21(25)18-10-22-19-8-6-5-7-16(18)19/h5-10,14,22H,11-12H2,1-4H3. The minimum absolute atomic E-state index is 0.116. The molecule has 142 valence electrons. The van der Waals surface area contributed by atoms with Crippen molar-refractivity contribution in [2.75, 3.05) is 20.3 Å². The molecule has 0 aliphatic rings. The van der Waals surface area contributed by atoms with Crippen LogP contribution in [0.5, 0.6) is 0 Å². The van der Waals surface area contributed by atoms with Gasteiger partial charge in [0, 0.05) is 41.2 Å². The van der Waals surface area contributed by atoms with E-state index in [1.165, 1.54) is 0 Å². The number of fused-ring (bicyclic) bond motifs is 1. The van der Waals surface area contributed by atoms with Crippen molar-refractivity contribution in [3.8, 4) is 0 Å². The van der Waals surface area contributed by atoms with Gasteiger partial charge in [-0.25, -0.2) is 4.79 Å². The van der Waals surface area contributed by atoms with Gasteiger partial charge in [-0.05, 0) is 32.9 Å². The predicted molar refractivity (Wildman–Crippen MR) is 103 cm³/mol. The number of nitrogens with one attached hydrogen (secondary N) is 1. The Morgan fingerprint density at radius 2 is 1.93 bits per heavy atom. The highest BCUT2D eigenvalue weighted by Crippen LogP contribution is 2.22. The molecule has 0 fully saturated rings. The van der Waals surface area contributed by atoms with Crippen LogP contribution in [0.4, 0.5) is 0 Å². The van der Waals surface area contributed by atoms with Gasteiger partial charge in [0.25, 0.3) is 0 Å². The number of para-hydroxylation sites is 1. The average Bonchev–Trinajstić information content (AvgIpc) is 3.20. The molecule has 3 aromatic rings. The Labute approximate surface area is 158 Å². The van der Waals surface area contributed by atoms with Gasteiger partial charge in [-0.1, -0.05) is 18.2 Å². The van der Waals surface area contributed by atoms with Gasteiger partial charge in [-0.15, -0.1) is 0 Å². The van der Waals surface area contributed by atoms with Crippen molar-refractivity contribution < 1.29 is 19.1 Å². The Kier molecular flexibility index (Phi) is 5.46. The van der Waals surface area contributed by atoms with E-state index < -0.39 is 5.97 Å². The van der Waals surface area contributed by atoms with E-state index in [2.05, 4.69) is 9.55 Å². The lowest BCUT2D eigenvalue weighted by Gasteiger charge is -2.17. The number of ketones is 1. The minimum Gasteiger partial charge on any atom is -0.454 e. The maximum Gasteiger partial charge on any atom is 0.340 e. The van der Waals surface area contributed by atoms with E-state index in [0.717, 1.165) is 22.3 Å².